The second kappa shape index (κ2) is 6.69. The minimum absolute atomic E-state index is 0.246. The fourth-order valence-electron chi connectivity index (χ4n) is 2.61. The largest absolute Gasteiger partial charge is 0.390 e. The molecule has 17 heavy (non-hydrogen) atoms. The van der Waals surface area contributed by atoms with E-state index in [9.17, 15) is 5.11 Å². The Morgan fingerprint density at radius 3 is 2.76 bits per heavy atom. The molecule has 0 aliphatic carbocycles. The van der Waals surface area contributed by atoms with Gasteiger partial charge in [0.05, 0.1) is 12.7 Å². The highest BCUT2D eigenvalue weighted by molar-refractivity contribution is 4.76. The van der Waals surface area contributed by atoms with Gasteiger partial charge in [0.2, 0.25) is 0 Å². The standard InChI is InChI=1S/C13H26N2O2/c1-11-2-5-15(6-3-11)9-13(16)8-14-12-4-7-17-10-12/h11-14,16H,2-10H2,1H3. The van der Waals surface area contributed by atoms with E-state index in [0.717, 1.165) is 45.2 Å². The molecule has 100 valence electrons. The van der Waals surface area contributed by atoms with Gasteiger partial charge in [-0.1, -0.05) is 6.92 Å². The van der Waals surface area contributed by atoms with E-state index in [0.29, 0.717) is 12.6 Å². The van der Waals surface area contributed by atoms with E-state index in [2.05, 4.69) is 17.1 Å². The zero-order valence-electron chi connectivity index (χ0n) is 10.9. The molecule has 0 amide bonds. The molecule has 0 aromatic rings. The zero-order valence-corrected chi connectivity index (χ0v) is 10.9. The molecule has 2 fully saturated rings. The highest BCUT2D eigenvalue weighted by atomic mass is 16.5. The molecule has 4 heteroatoms. The normalized spacial score (nSPS) is 29.6. The summed E-state index contributed by atoms with van der Waals surface area (Å²) in [5.74, 6) is 0.858. The molecule has 0 spiro atoms. The Kier molecular flexibility index (Phi) is 5.22. The smallest absolute Gasteiger partial charge is 0.0791 e. The van der Waals surface area contributed by atoms with Gasteiger partial charge in [-0.3, -0.25) is 0 Å². The van der Waals surface area contributed by atoms with Gasteiger partial charge in [0.25, 0.3) is 0 Å². The topological polar surface area (TPSA) is 44.7 Å². The molecule has 4 nitrogen and oxygen atoms in total. The Morgan fingerprint density at radius 2 is 2.12 bits per heavy atom. The fourth-order valence-corrected chi connectivity index (χ4v) is 2.61. The number of nitrogens with zero attached hydrogens (tertiary/aromatic N) is 1. The van der Waals surface area contributed by atoms with Crippen LogP contribution in [0.1, 0.15) is 26.2 Å². The van der Waals surface area contributed by atoms with Gasteiger partial charge in [-0.2, -0.15) is 0 Å². The average molecular weight is 242 g/mol. The van der Waals surface area contributed by atoms with Crippen LogP contribution in [0.15, 0.2) is 0 Å². The van der Waals surface area contributed by atoms with Gasteiger partial charge >= 0.3 is 0 Å². The predicted octanol–water partition coefficient (Wildman–Crippen LogP) is 0.458. The molecule has 2 aliphatic heterocycles. The number of ether oxygens (including phenoxy) is 1. The number of hydrogen-bond donors (Lipinski definition) is 2. The van der Waals surface area contributed by atoms with Crippen LogP contribution >= 0.6 is 0 Å². The van der Waals surface area contributed by atoms with Crippen LogP contribution in [-0.4, -0.2) is 61.5 Å². The van der Waals surface area contributed by atoms with Crippen molar-refractivity contribution in [2.45, 2.75) is 38.3 Å². The monoisotopic (exact) mass is 242 g/mol. The maximum absolute atomic E-state index is 9.98. The van der Waals surface area contributed by atoms with Crippen LogP contribution in [0, 0.1) is 5.92 Å². The zero-order chi connectivity index (χ0) is 12.1. The summed E-state index contributed by atoms with van der Waals surface area (Å²) in [5.41, 5.74) is 0. The summed E-state index contributed by atoms with van der Waals surface area (Å²) in [6.45, 7) is 7.77. The lowest BCUT2D eigenvalue weighted by atomic mass is 9.99. The SMILES string of the molecule is CC1CCN(CC(O)CNC2CCOC2)CC1. The highest BCUT2D eigenvalue weighted by Crippen LogP contribution is 2.15. The van der Waals surface area contributed by atoms with Crippen LogP contribution in [-0.2, 0) is 4.74 Å². The summed E-state index contributed by atoms with van der Waals surface area (Å²) in [5, 5.41) is 13.4. The van der Waals surface area contributed by atoms with Gasteiger partial charge in [-0.05, 0) is 38.3 Å². The maximum atomic E-state index is 9.98. The van der Waals surface area contributed by atoms with E-state index in [1.165, 1.54) is 12.8 Å². The summed E-state index contributed by atoms with van der Waals surface area (Å²) in [6, 6.07) is 0.450. The lowest BCUT2D eigenvalue weighted by molar-refractivity contribution is 0.0881. The third kappa shape index (κ3) is 4.54. The summed E-state index contributed by atoms with van der Waals surface area (Å²) in [4.78, 5) is 2.39. The maximum Gasteiger partial charge on any atom is 0.0791 e. The molecule has 2 aliphatic rings. The first-order valence-electron chi connectivity index (χ1n) is 6.95. The molecular formula is C13H26N2O2. The molecule has 2 atom stereocenters. The first-order valence-corrected chi connectivity index (χ1v) is 6.95. The lowest BCUT2D eigenvalue weighted by Gasteiger charge is -2.31. The summed E-state index contributed by atoms with van der Waals surface area (Å²) >= 11 is 0. The van der Waals surface area contributed by atoms with Crippen molar-refractivity contribution in [2.24, 2.45) is 5.92 Å². The molecule has 0 bridgehead atoms. The lowest BCUT2D eigenvalue weighted by Crippen LogP contribution is -2.44. The van der Waals surface area contributed by atoms with E-state index >= 15 is 0 Å². The quantitative estimate of drug-likeness (QED) is 0.735. The Balaban J connectivity index is 1.58. The van der Waals surface area contributed by atoms with E-state index in [4.69, 9.17) is 4.74 Å². The Bertz CT molecular complexity index is 211. The van der Waals surface area contributed by atoms with Crippen LogP contribution in [0.25, 0.3) is 0 Å². The third-order valence-corrected chi connectivity index (χ3v) is 3.92. The van der Waals surface area contributed by atoms with Crippen molar-refractivity contribution in [1.82, 2.24) is 10.2 Å². The first kappa shape index (κ1) is 13.3. The summed E-state index contributed by atoms with van der Waals surface area (Å²) < 4.78 is 5.30. The molecule has 0 radical (unpaired) electrons. The van der Waals surface area contributed by atoms with E-state index < -0.39 is 0 Å². The van der Waals surface area contributed by atoms with E-state index in [-0.39, 0.29) is 6.10 Å². The summed E-state index contributed by atoms with van der Waals surface area (Å²) in [6.07, 6.45) is 3.38. The van der Waals surface area contributed by atoms with Gasteiger partial charge in [0, 0.05) is 25.7 Å². The summed E-state index contributed by atoms with van der Waals surface area (Å²) in [7, 11) is 0. The Labute approximate surface area is 104 Å². The Hall–Kier alpha value is -0.160. The number of hydrogen-bond acceptors (Lipinski definition) is 4. The van der Waals surface area contributed by atoms with Gasteiger partial charge in [-0.25, -0.2) is 0 Å². The molecule has 2 heterocycles. The molecule has 2 rings (SSSR count). The molecule has 2 N–H and O–H groups in total. The number of piperidine rings is 1. The predicted molar refractivity (Wildman–Crippen MR) is 68.1 cm³/mol. The van der Waals surface area contributed by atoms with Crippen molar-refractivity contribution in [3.8, 4) is 0 Å². The van der Waals surface area contributed by atoms with Gasteiger partial charge in [0.1, 0.15) is 0 Å². The van der Waals surface area contributed by atoms with Crippen molar-refractivity contribution in [3.05, 3.63) is 0 Å². The highest BCUT2D eigenvalue weighted by Gasteiger charge is 2.20. The first-order chi connectivity index (χ1) is 8.24. The number of aliphatic hydroxyl groups excluding tert-OH is 1. The van der Waals surface area contributed by atoms with Crippen LogP contribution in [0.3, 0.4) is 0 Å². The minimum Gasteiger partial charge on any atom is -0.390 e. The van der Waals surface area contributed by atoms with Gasteiger partial charge in [-0.15, -0.1) is 0 Å². The minimum atomic E-state index is -0.246. The number of likely N-dealkylation sites (tertiary alicyclic amines) is 1. The van der Waals surface area contributed by atoms with Crippen molar-refractivity contribution in [2.75, 3.05) is 39.4 Å². The second-order valence-electron chi connectivity index (χ2n) is 5.61. The van der Waals surface area contributed by atoms with Crippen molar-refractivity contribution in [3.63, 3.8) is 0 Å². The van der Waals surface area contributed by atoms with Crippen LogP contribution < -0.4 is 5.32 Å². The second-order valence-corrected chi connectivity index (χ2v) is 5.61. The van der Waals surface area contributed by atoms with Gasteiger partial charge < -0.3 is 20.1 Å². The van der Waals surface area contributed by atoms with Crippen molar-refractivity contribution >= 4 is 0 Å². The number of rotatable bonds is 5. The van der Waals surface area contributed by atoms with E-state index in [1.807, 2.05) is 0 Å². The third-order valence-electron chi connectivity index (χ3n) is 3.92. The number of β-amino-alcohol motifs (C(OH)–C–C–N with tert-alkyl or cyclic N) is 1. The van der Waals surface area contributed by atoms with Crippen molar-refractivity contribution in [1.29, 1.82) is 0 Å². The molecule has 2 saturated heterocycles. The van der Waals surface area contributed by atoms with E-state index in [1.54, 1.807) is 0 Å². The van der Waals surface area contributed by atoms with Crippen LogP contribution in [0.5, 0.6) is 0 Å². The molecular weight excluding hydrogens is 216 g/mol. The number of aliphatic hydroxyl groups is 1. The molecule has 2 unspecified atom stereocenters. The van der Waals surface area contributed by atoms with Crippen LogP contribution in [0.2, 0.25) is 0 Å². The molecule has 0 aromatic heterocycles. The van der Waals surface area contributed by atoms with Gasteiger partial charge in [0.15, 0.2) is 0 Å². The molecule has 0 saturated carbocycles. The van der Waals surface area contributed by atoms with Crippen LogP contribution in [0.4, 0.5) is 0 Å². The average Bonchev–Trinajstić information content (AvgIpc) is 2.83. The van der Waals surface area contributed by atoms with Crippen molar-refractivity contribution < 1.29 is 9.84 Å². The number of nitrogens with one attached hydrogen (secondary N) is 1. The fraction of sp³-hybridized carbons (Fsp3) is 1.00. The Morgan fingerprint density at radius 1 is 1.35 bits per heavy atom. The molecule has 0 aromatic carbocycles.